The lowest BCUT2D eigenvalue weighted by Gasteiger charge is -2.34. The number of likely N-dealkylation sites (N-methyl/N-ethyl adjacent to an activating group) is 1. The van der Waals surface area contributed by atoms with E-state index >= 15 is 0 Å². The number of piperazine rings is 1. The molecule has 1 saturated heterocycles. The Bertz CT molecular complexity index is 1540. The molecular formula is C32H40F2N8O3. The Balaban J connectivity index is 1.29. The molecule has 2 aromatic carbocycles. The smallest absolute Gasteiger partial charge is 0.341 e. The van der Waals surface area contributed by atoms with E-state index in [2.05, 4.69) is 20.6 Å². The van der Waals surface area contributed by atoms with Crippen LogP contribution < -0.4 is 15.5 Å². The van der Waals surface area contributed by atoms with Gasteiger partial charge in [-0.05, 0) is 49.0 Å². The topological polar surface area (TPSA) is 106 Å². The number of fused-ring (bicyclic) bond motifs is 1. The number of nitrogens with zero attached hydrogens (tertiary/aromatic N) is 6. The number of urea groups is 1. The van der Waals surface area contributed by atoms with Crippen molar-refractivity contribution < 1.29 is 23.2 Å². The number of amides is 4. The molecule has 0 spiro atoms. The number of rotatable bonds is 7. The number of carbonyl (C=O) groups is 3. The number of nitrogens with one attached hydrogen (secondary N) is 2. The quantitative estimate of drug-likeness (QED) is 0.413. The van der Waals surface area contributed by atoms with Crippen LogP contribution in [0.1, 0.15) is 57.4 Å². The van der Waals surface area contributed by atoms with Crippen LogP contribution in [0.2, 0.25) is 0 Å². The molecule has 0 unspecified atom stereocenters. The van der Waals surface area contributed by atoms with Gasteiger partial charge in [-0.3, -0.25) is 9.59 Å². The zero-order valence-corrected chi connectivity index (χ0v) is 26.3. The standard InChI is InChI=1S/C32H40F2N8O3/c1-21-19-41(25-12-8-23(9-13-25)30(44)38(3)4)20-26-27(37-42(28(21)26)32(2,33)34)29(43)35-18-22-6-10-24(11-7-22)36-31(45)40-16-14-39(5)15-17-40/h6-13,21H,14-20H2,1-5H3,(H,35,43)(H,36,45)/t21-/m0/s1. The summed E-state index contributed by atoms with van der Waals surface area (Å²) in [5.41, 5.74) is 3.51. The maximum atomic E-state index is 14.7. The first-order valence-electron chi connectivity index (χ1n) is 15.0. The van der Waals surface area contributed by atoms with E-state index in [9.17, 15) is 23.2 Å². The Labute approximate surface area is 261 Å². The molecule has 4 amide bonds. The number of alkyl halides is 2. The van der Waals surface area contributed by atoms with Gasteiger partial charge in [-0.1, -0.05) is 19.1 Å². The Morgan fingerprint density at radius 3 is 2.24 bits per heavy atom. The maximum Gasteiger partial charge on any atom is 0.341 e. The summed E-state index contributed by atoms with van der Waals surface area (Å²) in [6.07, 6.45) is 0. The van der Waals surface area contributed by atoms with Crippen molar-refractivity contribution in [3.05, 3.63) is 76.6 Å². The Kier molecular flexibility index (Phi) is 9.10. The number of halogens is 2. The molecule has 2 N–H and O–H groups in total. The van der Waals surface area contributed by atoms with Crippen LogP contribution in [0.15, 0.2) is 48.5 Å². The number of carbonyl (C=O) groups excluding carboxylic acids is 3. The van der Waals surface area contributed by atoms with Crippen molar-refractivity contribution >= 4 is 29.2 Å². The molecule has 3 heterocycles. The minimum Gasteiger partial charge on any atom is -0.366 e. The van der Waals surface area contributed by atoms with Crippen molar-refractivity contribution in [1.29, 1.82) is 0 Å². The lowest BCUT2D eigenvalue weighted by molar-refractivity contribution is -0.0755. The maximum absolute atomic E-state index is 14.7. The largest absolute Gasteiger partial charge is 0.366 e. The van der Waals surface area contributed by atoms with Gasteiger partial charge in [0.05, 0.1) is 5.69 Å². The van der Waals surface area contributed by atoms with E-state index < -0.39 is 12.0 Å². The zero-order valence-electron chi connectivity index (χ0n) is 26.3. The molecule has 2 aliphatic heterocycles. The van der Waals surface area contributed by atoms with Gasteiger partial charge in [-0.25, -0.2) is 9.48 Å². The van der Waals surface area contributed by atoms with Crippen molar-refractivity contribution in [2.45, 2.75) is 38.9 Å². The van der Waals surface area contributed by atoms with Crippen molar-refractivity contribution in [2.24, 2.45) is 0 Å². The third kappa shape index (κ3) is 7.08. The molecule has 1 aromatic heterocycles. The molecule has 0 aliphatic carbocycles. The Morgan fingerprint density at radius 1 is 1.00 bits per heavy atom. The van der Waals surface area contributed by atoms with Gasteiger partial charge in [0.15, 0.2) is 5.69 Å². The molecule has 45 heavy (non-hydrogen) atoms. The average molecular weight is 623 g/mol. The number of benzene rings is 2. The van der Waals surface area contributed by atoms with Gasteiger partial charge in [0.1, 0.15) is 0 Å². The van der Waals surface area contributed by atoms with Crippen molar-refractivity contribution in [3.8, 4) is 0 Å². The fourth-order valence-corrected chi connectivity index (χ4v) is 5.73. The van der Waals surface area contributed by atoms with Crippen molar-refractivity contribution in [3.63, 3.8) is 0 Å². The third-order valence-electron chi connectivity index (χ3n) is 8.25. The van der Waals surface area contributed by atoms with E-state index in [1.165, 1.54) is 4.90 Å². The fourth-order valence-electron chi connectivity index (χ4n) is 5.73. The molecule has 1 atom stereocenters. The molecular weight excluding hydrogens is 582 g/mol. The van der Waals surface area contributed by atoms with Crippen LogP contribution in [0.4, 0.5) is 25.0 Å². The second-order valence-corrected chi connectivity index (χ2v) is 12.1. The van der Waals surface area contributed by atoms with Crippen LogP contribution in [-0.4, -0.2) is 96.2 Å². The zero-order chi connectivity index (χ0) is 32.5. The lowest BCUT2D eigenvalue weighted by atomic mass is 9.95. The molecule has 2 aliphatic rings. The summed E-state index contributed by atoms with van der Waals surface area (Å²) >= 11 is 0. The molecule has 5 rings (SSSR count). The van der Waals surface area contributed by atoms with E-state index in [0.29, 0.717) is 46.8 Å². The normalized spacial score (nSPS) is 17.1. The minimum absolute atomic E-state index is 0.0430. The fraction of sp³-hybridized carbons (Fsp3) is 0.438. The molecule has 11 nitrogen and oxygen atoms in total. The highest BCUT2D eigenvalue weighted by Gasteiger charge is 2.38. The number of anilines is 2. The summed E-state index contributed by atoms with van der Waals surface area (Å²) in [5.74, 6) is -1.01. The highest BCUT2D eigenvalue weighted by molar-refractivity contribution is 5.95. The van der Waals surface area contributed by atoms with Gasteiger partial charge in [-0.2, -0.15) is 13.9 Å². The second-order valence-electron chi connectivity index (χ2n) is 12.1. The predicted molar refractivity (Wildman–Crippen MR) is 168 cm³/mol. The van der Waals surface area contributed by atoms with Crippen LogP contribution in [-0.2, 0) is 19.1 Å². The molecule has 0 bridgehead atoms. The Morgan fingerprint density at radius 2 is 1.64 bits per heavy atom. The van der Waals surface area contributed by atoms with Gasteiger partial charge in [0.2, 0.25) is 0 Å². The van der Waals surface area contributed by atoms with Crippen LogP contribution >= 0.6 is 0 Å². The number of hydrogen-bond donors (Lipinski definition) is 2. The minimum atomic E-state index is -3.29. The molecule has 13 heteroatoms. The second kappa shape index (κ2) is 12.8. The molecule has 0 saturated carbocycles. The summed E-state index contributed by atoms with van der Waals surface area (Å²) in [6.45, 7) is 6.38. The molecule has 240 valence electrons. The predicted octanol–water partition coefficient (Wildman–Crippen LogP) is 3.99. The Hall–Kier alpha value is -4.52. The van der Waals surface area contributed by atoms with Gasteiger partial charge in [-0.15, -0.1) is 0 Å². The monoisotopic (exact) mass is 622 g/mol. The molecule has 1 fully saturated rings. The summed E-state index contributed by atoms with van der Waals surface area (Å²) in [6, 6.07) is 10.8. The van der Waals surface area contributed by atoms with Crippen LogP contribution in [0.5, 0.6) is 0 Å². The summed E-state index contributed by atoms with van der Waals surface area (Å²) in [7, 11) is 5.39. The number of aromatic nitrogens is 2. The summed E-state index contributed by atoms with van der Waals surface area (Å²) in [4.78, 5) is 45.8. The molecule has 0 radical (unpaired) electrons. The van der Waals surface area contributed by atoms with E-state index in [0.717, 1.165) is 31.3 Å². The van der Waals surface area contributed by atoms with Crippen molar-refractivity contribution in [2.75, 3.05) is 64.1 Å². The van der Waals surface area contributed by atoms with E-state index in [-0.39, 0.29) is 36.6 Å². The summed E-state index contributed by atoms with van der Waals surface area (Å²) < 4.78 is 30.1. The average Bonchev–Trinajstić information content (AvgIpc) is 3.42. The number of hydrogen-bond acceptors (Lipinski definition) is 6. The van der Waals surface area contributed by atoms with Crippen LogP contribution in [0.25, 0.3) is 0 Å². The van der Waals surface area contributed by atoms with E-state index in [1.54, 1.807) is 55.4 Å². The highest BCUT2D eigenvalue weighted by Crippen LogP contribution is 2.37. The van der Waals surface area contributed by atoms with Gasteiger partial charge in [0, 0.05) is 95.3 Å². The molecule has 3 aromatic rings. The first-order chi connectivity index (χ1) is 21.3. The van der Waals surface area contributed by atoms with Gasteiger partial charge in [0.25, 0.3) is 11.8 Å². The highest BCUT2D eigenvalue weighted by atomic mass is 19.3. The third-order valence-corrected chi connectivity index (χ3v) is 8.25. The first kappa shape index (κ1) is 31.9. The SMILES string of the molecule is C[C@H]1CN(c2ccc(C(=O)N(C)C)cc2)Cc2c(C(=O)NCc3ccc(NC(=O)N4CCN(C)CC4)cc3)nn(C(C)(F)F)c21. The van der Waals surface area contributed by atoms with E-state index in [4.69, 9.17) is 0 Å². The van der Waals surface area contributed by atoms with Crippen LogP contribution in [0.3, 0.4) is 0 Å². The van der Waals surface area contributed by atoms with Gasteiger partial charge < -0.3 is 30.2 Å². The van der Waals surface area contributed by atoms with E-state index in [1.807, 2.05) is 31.0 Å². The van der Waals surface area contributed by atoms with Crippen molar-refractivity contribution in [1.82, 2.24) is 29.8 Å². The van der Waals surface area contributed by atoms with Crippen LogP contribution in [0, 0.1) is 0 Å². The first-order valence-corrected chi connectivity index (χ1v) is 15.0. The summed E-state index contributed by atoms with van der Waals surface area (Å²) in [5, 5.41) is 9.86. The lowest BCUT2D eigenvalue weighted by Crippen LogP contribution is -2.48. The van der Waals surface area contributed by atoms with Gasteiger partial charge >= 0.3 is 12.1 Å².